The van der Waals surface area contributed by atoms with Gasteiger partial charge in [-0.15, -0.1) is 0 Å². The standard InChI is InChI=1S/C12H20F5NOS/c1-10(2,20(18)19)7-9(12(15,16)17)8-4-3-5-11(13,14)6-8/h8-9H,3-7,18H2,1-2H3/t8?,9-,20?/m0/s1. The van der Waals surface area contributed by atoms with Crippen LogP contribution in [0.15, 0.2) is 0 Å². The Labute approximate surface area is 118 Å². The maximum Gasteiger partial charge on any atom is 0.392 e. The Bertz CT molecular complexity index is 332. The van der Waals surface area contributed by atoms with Gasteiger partial charge in [-0.05, 0) is 32.6 Å². The van der Waals surface area contributed by atoms with E-state index in [1.165, 1.54) is 13.8 Å². The average Bonchev–Trinajstić information content (AvgIpc) is 2.22. The highest BCUT2D eigenvalue weighted by Gasteiger charge is 2.52. The average molecular weight is 321 g/mol. The van der Waals surface area contributed by atoms with Gasteiger partial charge in [-0.25, -0.2) is 8.78 Å². The molecule has 1 rings (SSSR count). The summed E-state index contributed by atoms with van der Waals surface area (Å²) in [5, 5.41) is 5.20. The number of hydrogen-bond donors (Lipinski definition) is 1. The molecule has 1 aliphatic rings. The zero-order valence-electron chi connectivity index (χ0n) is 11.5. The molecule has 2 nitrogen and oxygen atoms in total. The van der Waals surface area contributed by atoms with E-state index in [-0.39, 0.29) is 19.3 Å². The monoisotopic (exact) mass is 321 g/mol. The van der Waals surface area contributed by atoms with Crippen molar-refractivity contribution >= 4 is 11.4 Å². The fourth-order valence-electron chi connectivity index (χ4n) is 2.72. The minimum absolute atomic E-state index is 0.0798. The Morgan fingerprint density at radius 2 is 1.90 bits per heavy atom. The summed E-state index contributed by atoms with van der Waals surface area (Å²) in [6.07, 6.45) is -6.01. The molecular formula is C12H20F5NOS. The summed E-state index contributed by atoms with van der Waals surface area (Å²) >= 11 is -1.94. The van der Waals surface area contributed by atoms with Crippen LogP contribution in [0.5, 0.6) is 0 Å². The zero-order chi connectivity index (χ0) is 15.8. The van der Waals surface area contributed by atoms with Crippen LogP contribution in [0, 0.1) is 11.8 Å². The van der Waals surface area contributed by atoms with Crippen LogP contribution in [0.3, 0.4) is 0 Å². The molecule has 0 saturated heterocycles. The maximum atomic E-state index is 13.3. The van der Waals surface area contributed by atoms with E-state index in [4.69, 9.17) is 5.14 Å². The van der Waals surface area contributed by atoms with Crippen LogP contribution < -0.4 is 5.14 Å². The van der Waals surface area contributed by atoms with Gasteiger partial charge in [-0.3, -0.25) is 0 Å². The van der Waals surface area contributed by atoms with Crippen LogP contribution in [0.1, 0.15) is 46.0 Å². The van der Waals surface area contributed by atoms with Crippen LogP contribution in [-0.4, -0.2) is 21.4 Å². The van der Waals surface area contributed by atoms with Crippen LogP contribution >= 0.6 is 0 Å². The summed E-state index contributed by atoms with van der Waals surface area (Å²) in [4.78, 5) is 0. The van der Waals surface area contributed by atoms with E-state index in [1.807, 2.05) is 0 Å². The minimum atomic E-state index is -4.59. The van der Waals surface area contributed by atoms with Crippen molar-refractivity contribution < 1.29 is 26.5 Å². The van der Waals surface area contributed by atoms with Gasteiger partial charge in [0.25, 0.3) is 0 Å². The first kappa shape index (κ1) is 18.0. The Morgan fingerprint density at radius 3 is 2.30 bits per heavy atom. The van der Waals surface area contributed by atoms with Gasteiger partial charge in [0.05, 0.1) is 5.92 Å². The largest absolute Gasteiger partial charge is 0.598 e. The van der Waals surface area contributed by atoms with E-state index in [9.17, 15) is 26.5 Å². The van der Waals surface area contributed by atoms with E-state index in [2.05, 4.69) is 0 Å². The number of halogens is 5. The summed E-state index contributed by atoms with van der Waals surface area (Å²) in [7, 11) is 0. The second kappa shape index (κ2) is 5.96. The van der Waals surface area contributed by atoms with Crippen LogP contribution in [0.2, 0.25) is 0 Å². The lowest BCUT2D eigenvalue weighted by molar-refractivity contribution is -0.204. The van der Waals surface area contributed by atoms with Crippen LogP contribution in [0.4, 0.5) is 22.0 Å². The van der Waals surface area contributed by atoms with Gasteiger partial charge < -0.3 is 4.55 Å². The molecule has 8 heteroatoms. The Balaban J connectivity index is 2.91. The van der Waals surface area contributed by atoms with E-state index < -0.39 is 52.9 Å². The molecule has 0 aromatic carbocycles. The number of hydrogen-bond acceptors (Lipinski definition) is 2. The molecule has 2 unspecified atom stereocenters. The van der Waals surface area contributed by atoms with Crippen molar-refractivity contribution in [1.29, 1.82) is 0 Å². The zero-order valence-corrected chi connectivity index (χ0v) is 12.3. The van der Waals surface area contributed by atoms with Gasteiger partial charge in [0.1, 0.15) is 4.75 Å². The summed E-state index contributed by atoms with van der Waals surface area (Å²) in [6.45, 7) is 2.73. The van der Waals surface area contributed by atoms with Gasteiger partial charge in [0.2, 0.25) is 5.92 Å². The summed E-state index contributed by atoms with van der Waals surface area (Å²) < 4.78 is 76.2. The molecule has 1 aliphatic carbocycles. The molecule has 0 radical (unpaired) electrons. The van der Waals surface area contributed by atoms with E-state index in [1.54, 1.807) is 0 Å². The van der Waals surface area contributed by atoms with Crippen molar-refractivity contribution in [2.75, 3.05) is 0 Å². The van der Waals surface area contributed by atoms with Gasteiger partial charge in [0, 0.05) is 30.6 Å². The fourth-order valence-corrected chi connectivity index (χ4v) is 3.06. The smallest absolute Gasteiger partial charge is 0.392 e. The second-order valence-corrected chi connectivity index (χ2v) is 7.82. The Hall–Kier alpha value is -0.0800. The Morgan fingerprint density at radius 1 is 1.35 bits per heavy atom. The number of alkyl halides is 5. The lowest BCUT2D eigenvalue weighted by Gasteiger charge is -2.38. The molecule has 0 bridgehead atoms. The lowest BCUT2D eigenvalue weighted by Crippen LogP contribution is -2.45. The van der Waals surface area contributed by atoms with Crippen molar-refractivity contribution in [2.45, 2.75) is 62.8 Å². The molecule has 20 heavy (non-hydrogen) atoms. The SMILES string of the molecule is CC(C)(C[C@@H](C1CCCC(F)(F)C1)C(F)(F)F)[S+](N)[O-]. The van der Waals surface area contributed by atoms with Crippen molar-refractivity contribution in [3.8, 4) is 0 Å². The third-order valence-electron chi connectivity index (χ3n) is 3.92. The number of nitrogens with two attached hydrogens (primary N) is 1. The fraction of sp³-hybridized carbons (Fsp3) is 1.00. The van der Waals surface area contributed by atoms with Crippen molar-refractivity contribution in [3.63, 3.8) is 0 Å². The summed E-state index contributed by atoms with van der Waals surface area (Å²) in [5.74, 6) is -6.07. The van der Waals surface area contributed by atoms with Gasteiger partial charge in [-0.2, -0.15) is 18.3 Å². The summed E-state index contributed by atoms with van der Waals surface area (Å²) in [6, 6.07) is 0. The van der Waals surface area contributed by atoms with E-state index >= 15 is 0 Å². The van der Waals surface area contributed by atoms with Crippen molar-refractivity contribution in [1.82, 2.24) is 0 Å². The highest BCUT2D eigenvalue weighted by Crippen LogP contribution is 2.48. The Kier molecular flexibility index (Phi) is 5.36. The van der Waals surface area contributed by atoms with Crippen LogP contribution in [-0.2, 0) is 11.4 Å². The third-order valence-corrected chi connectivity index (χ3v) is 5.18. The van der Waals surface area contributed by atoms with E-state index in [0.29, 0.717) is 0 Å². The lowest BCUT2D eigenvalue weighted by atomic mass is 9.75. The van der Waals surface area contributed by atoms with Crippen LogP contribution in [0.25, 0.3) is 0 Å². The molecule has 0 aliphatic heterocycles. The molecule has 0 aromatic heterocycles. The molecule has 0 heterocycles. The molecular weight excluding hydrogens is 301 g/mol. The first-order valence-electron chi connectivity index (χ1n) is 6.46. The molecule has 0 aromatic rings. The molecule has 1 saturated carbocycles. The van der Waals surface area contributed by atoms with Crippen molar-refractivity contribution in [2.24, 2.45) is 17.0 Å². The molecule has 3 atom stereocenters. The topological polar surface area (TPSA) is 49.1 Å². The van der Waals surface area contributed by atoms with Gasteiger partial charge in [0.15, 0.2) is 0 Å². The van der Waals surface area contributed by atoms with Crippen molar-refractivity contribution in [3.05, 3.63) is 0 Å². The molecule has 0 amide bonds. The molecule has 120 valence electrons. The number of rotatable bonds is 4. The van der Waals surface area contributed by atoms with Gasteiger partial charge in [-0.1, -0.05) is 0 Å². The first-order valence-corrected chi connectivity index (χ1v) is 7.67. The third kappa shape index (κ3) is 4.73. The first-order chi connectivity index (χ1) is 8.85. The molecule has 1 fully saturated rings. The van der Waals surface area contributed by atoms with E-state index in [0.717, 1.165) is 0 Å². The predicted molar refractivity (Wildman–Crippen MR) is 67.5 cm³/mol. The second-order valence-electron chi connectivity index (χ2n) is 6.12. The molecule has 2 N–H and O–H groups in total. The maximum absolute atomic E-state index is 13.3. The normalized spacial score (nSPS) is 27.1. The minimum Gasteiger partial charge on any atom is -0.598 e. The predicted octanol–water partition coefficient (Wildman–Crippen LogP) is 3.78. The molecule has 0 spiro atoms. The quantitative estimate of drug-likeness (QED) is 0.633. The highest BCUT2D eigenvalue weighted by molar-refractivity contribution is 7.90. The van der Waals surface area contributed by atoms with Gasteiger partial charge >= 0.3 is 6.18 Å². The highest BCUT2D eigenvalue weighted by atomic mass is 32.2. The summed E-state index contributed by atoms with van der Waals surface area (Å²) in [5.41, 5.74) is 0.